The highest BCUT2D eigenvalue weighted by molar-refractivity contribution is 6.03. The number of fused-ring (bicyclic) bond motifs is 3. The minimum absolute atomic E-state index is 0.0529. The summed E-state index contributed by atoms with van der Waals surface area (Å²) in [6, 6.07) is 6.55. The Labute approximate surface area is 232 Å². The van der Waals surface area contributed by atoms with Crippen LogP contribution in [0.15, 0.2) is 59.8 Å². The molecular formula is C32H44N4O3. The van der Waals surface area contributed by atoms with Gasteiger partial charge >= 0.3 is 5.69 Å². The molecular weight excluding hydrogens is 488 g/mol. The fraction of sp³-hybridized carbons (Fsp3) is 0.500. The number of aliphatic hydroxyl groups is 1. The van der Waals surface area contributed by atoms with Crippen molar-refractivity contribution < 1.29 is 9.84 Å². The zero-order chi connectivity index (χ0) is 27.8. The minimum atomic E-state index is 0.0529. The number of imidazole rings is 1. The molecule has 1 saturated carbocycles. The number of pyridine rings is 1. The highest BCUT2D eigenvalue weighted by atomic mass is 16.5. The van der Waals surface area contributed by atoms with Gasteiger partial charge in [0.05, 0.1) is 35.1 Å². The van der Waals surface area contributed by atoms with Gasteiger partial charge in [0.1, 0.15) is 0 Å². The molecule has 2 aromatic heterocycles. The van der Waals surface area contributed by atoms with Crippen LogP contribution >= 0.6 is 0 Å². The molecule has 0 unspecified atom stereocenters. The van der Waals surface area contributed by atoms with Gasteiger partial charge in [-0.15, -0.1) is 0 Å². The Morgan fingerprint density at radius 3 is 2.59 bits per heavy atom. The molecule has 0 amide bonds. The summed E-state index contributed by atoms with van der Waals surface area (Å²) < 4.78 is 9.75. The third-order valence-electron chi connectivity index (χ3n) is 8.05. The normalized spacial score (nSPS) is 17.4. The summed E-state index contributed by atoms with van der Waals surface area (Å²) >= 11 is 0. The van der Waals surface area contributed by atoms with Crippen LogP contribution in [0.3, 0.4) is 0 Å². The maximum absolute atomic E-state index is 13.2. The van der Waals surface area contributed by atoms with Crippen molar-refractivity contribution in [1.82, 2.24) is 19.0 Å². The molecule has 1 aliphatic heterocycles. The number of aryl methyl sites for hydroxylation is 1. The van der Waals surface area contributed by atoms with Crippen molar-refractivity contribution in [2.75, 3.05) is 33.4 Å². The van der Waals surface area contributed by atoms with Crippen molar-refractivity contribution >= 4 is 27.5 Å². The van der Waals surface area contributed by atoms with Crippen LogP contribution in [0.1, 0.15) is 69.9 Å². The third-order valence-corrected chi connectivity index (χ3v) is 8.05. The second-order valence-electron chi connectivity index (χ2n) is 10.6. The lowest BCUT2D eigenvalue weighted by Crippen LogP contribution is -2.31. The molecule has 3 aromatic rings. The van der Waals surface area contributed by atoms with Crippen LogP contribution in [0.4, 0.5) is 0 Å². The summed E-state index contributed by atoms with van der Waals surface area (Å²) in [6.07, 6.45) is 17.4. The van der Waals surface area contributed by atoms with E-state index in [1.165, 1.54) is 45.2 Å². The summed E-state index contributed by atoms with van der Waals surface area (Å²) in [5.41, 5.74) is 4.91. The first kappa shape index (κ1) is 28.8. The Balaban J connectivity index is 0.00000172. The number of hydrogen-bond donors (Lipinski definition) is 1. The summed E-state index contributed by atoms with van der Waals surface area (Å²) in [4.78, 5) is 20.4. The van der Waals surface area contributed by atoms with Crippen LogP contribution < -0.4 is 5.69 Å². The summed E-state index contributed by atoms with van der Waals surface area (Å²) in [5.74, 6) is 0.904. The highest BCUT2D eigenvalue weighted by Crippen LogP contribution is 2.34. The molecule has 3 heterocycles. The second-order valence-corrected chi connectivity index (χ2v) is 10.6. The molecule has 1 N–H and O–H groups in total. The van der Waals surface area contributed by atoms with Crippen LogP contribution in [-0.2, 0) is 11.8 Å². The number of nitrogens with zero attached hydrogens (tertiary/aromatic N) is 4. The van der Waals surface area contributed by atoms with E-state index in [0.29, 0.717) is 0 Å². The van der Waals surface area contributed by atoms with Gasteiger partial charge in [-0.25, -0.2) is 4.79 Å². The summed E-state index contributed by atoms with van der Waals surface area (Å²) in [7, 11) is 2.85. The molecule has 7 heteroatoms. The largest absolute Gasteiger partial charge is 0.498 e. The Bertz CT molecular complexity index is 1390. The van der Waals surface area contributed by atoms with Gasteiger partial charge in [-0.05, 0) is 81.5 Å². The Hall–Kier alpha value is -3.16. The van der Waals surface area contributed by atoms with E-state index in [1.54, 1.807) is 4.57 Å². The molecule has 7 nitrogen and oxygen atoms in total. The predicted octanol–water partition coefficient (Wildman–Crippen LogP) is 5.98. The van der Waals surface area contributed by atoms with Crippen molar-refractivity contribution in [2.45, 2.75) is 64.3 Å². The van der Waals surface area contributed by atoms with E-state index in [-0.39, 0.29) is 11.7 Å². The molecule has 1 aromatic carbocycles. The number of likely N-dealkylation sites (tertiary alicyclic amines) is 1. The molecule has 5 rings (SSSR count). The topological polar surface area (TPSA) is 72.5 Å². The summed E-state index contributed by atoms with van der Waals surface area (Å²) in [6.45, 7) is 10.4. The van der Waals surface area contributed by atoms with E-state index >= 15 is 0 Å². The number of ether oxygens (including phenoxy) is 1. The standard InChI is InChI=1S/C31H40N4O2.CH4O/c1-4-24(14-13-23(2)37-20-10-19-34-17-8-5-9-18-34)25-15-16-28-27(21-25)30-29(22-32-28)33(3)31(36)35(30)26-11-6-7-12-26;1-2/h4,13-16,21-22,26H,1,5-12,17-20H2,2-3H3;2H,1H3/b23-13+,24-14+;. The van der Waals surface area contributed by atoms with Gasteiger partial charge in [-0.1, -0.05) is 44.1 Å². The molecule has 0 bridgehead atoms. The number of piperidine rings is 1. The summed E-state index contributed by atoms with van der Waals surface area (Å²) in [5, 5.41) is 8.02. The van der Waals surface area contributed by atoms with Gasteiger partial charge in [-0.3, -0.25) is 14.1 Å². The van der Waals surface area contributed by atoms with Crippen molar-refractivity contribution in [3.63, 3.8) is 0 Å². The van der Waals surface area contributed by atoms with E-state index in [2.05, 4.69) is 34.7 Å². The zero-order valence-electron chi connectivity index (χ0n) is 23.9. The molecule has 2 fully saturated rings. The van der Waals surface area contributed by atoms with Crippen LogP contribution in [-0.4, -0.2) is 57.5 Å². The quantitative estimate of drug-likeness (QED) is 0.209. The van der Waals surface area contributed by atoms with E-state index in [0.717, 1.165) is 78.4 Å². The molecule has 0 spiro atoms. The van der Waals surface area contributed by atoms with Gasteiger partial charge in [0.25, 0.3) is 0 Å². The van der Waals surface area contributed by atoms with Crippen LogP contribution in [0.25, 0.3) is 27.5 Å². The third kappa shape index (κ3) is 6.53. The molecule has 1 saturated heterocycles. The molecule has 2 aliphatic rings. The van der Waals surface area contributed by atoms with Crippen molar-refractivity contribution in [2.24, 2.45) is 7.05 Å². The lowest BCUT2D eigenvalue weighted by Gasteiger charge is -2.26. The lowest BCUT2D eigenvalue weighted by molar-refractivity contribution is 0.171. The first-order valence-electron chi connectivity index (χ1n) is 14.4. The average molecular weight is 533 g/mol. The fourth-order valence-corrected chi connectivity index (χ4v) is 5.95. The number of aromatic nitrogens is 3. The van der Waals surface area contributed by atoms with Crippen molar-refractivity contribution in [1.29, 1.82) is 0 Å². The fourth-order valence-electron chi connectivity index (χ4n) is 5.95. The van der Waals surface area contributed by atoms with Crippen LogP contribution in [0, 0.1) is 0 Å². The first-order valence-corrected chi connectivity index (χ1v) is 14.4. The molecule has 0 atom stereocenters. The Kier molecular flexibility index (Phi) is 10.2. The van der Waals surface area contributed by atoms with E-state index in [9.17, 15) is 4.79 Å². The smallest absolute Gasteiger partial charge is 0.329 e. The van der Waals surface area contributed by atoms with Crippen molar-refractivity contribution in [3.8, 4) is 0 Å². The number of allylic oxidation sites excluding steroid dienone is 5. The van der Waals surface area contributed by atoms with Gasteiger partial charge < -0.3 is 14.7 Å². The highest BCUT2D eigenvalue weighted by Gasteiger charge is 2.24. The van der Waals surface area contributed by atoms with Crippen LogP contribution in [0.5, 0.6) is 0 Å². The predicted molar refractivity (Wildman–Crippen MR) is 161 cm³/mol. The Morgan fingerprint density at radius 2 is 1.87 bits per heavy atom. The molecule has 210 valence electrons. The monoisotopic (exact) mass is 532 g/mol. The maximum Gasteiger partial charge on any atom is 0.329 e. The van der Waals surface area contributed by atoms with Crippen LogP contribution in [0.2, 0.25) is 0 Å². The minimum Gasteiger partial charge on any atom is -0.498 e. The van der Waals surface area contributed by atoms with Gasteiger partial charge in [0.15, 0.2) is 0 Å². The van der Waals surface area contributed by atoms with E-state index in [4.69, 9.17) is 9.84 Å². The maximum atomic E-state index is 13.2. The van der Waals surface area contributed by atoms with Gasteiger partial charge in [-0.2, -0.15) is 0 Å². The molecule has 1 aliphatic carbocycles. The second kappa shape index (κ2) is 13.8. The zero-order valence-corrected chi connectivity index (χ0v) is 23.9. The SMILES string of the molecule is C=C/C(=C\C=C(/C)OCCCN1CCCCC1)c1ccc2ncc3c(c2c1)n(C1CCCC1)c(=O)n3C.CO. The van der Waals surface area contributed by atoms with Crippen molar-refractivity contribution in [3.05, 3.63) is 71.0 Å². The lowest BCUT2D eigenvalue weighted by atomic mass is 10.0. The molecule has 39 heavy (non-hydrogen) atoms. The number of aliphatic hydroxyl groups excluding tert-OH is 1. The average Bonchev–Trinajstić information content (AvgIpc) is 3.59. The number of benzene rings is 1. The van der Waals surface area contributed by atoms with E-state index in [1.807, 2.05) is 43.0 Å². The number of hydrogen-bond acceptors (Lipinski definition) is 5. The first-order chi connectivity index (χ1) is 19.1. The molecule has 0 radical (unpaired) electrons. The van der Waals surface area contributed by atoms with Gasteiger partial charge in [0, 0.05) is 32.1 Å². The van der Waals surface area contributed by atoms with Gasteiger partial charge in [0.2, 0.25) is 0 Å². The Morgan fingerprint density at radius 1 is 1.13 bits per heavy atom. The van der Waals surface area contributed by atoms with E-state index < -0.39 is 0 Å². The number of rotatable bonds is 9.